The molecule has 2 heteroatoms. The van der Waals surface area contributed by atoms with Gasteiger partial charge in [-0.2, -0.15) is 0 Å². The van der Waals surface area contributed by atoms with Crippen molar-refractivity contribution in [3.8, 4) is 0 Å². The molecule has 0 bridgehead atoms. The summed E-state index contributed by atoms with van der Waals surface area (Å²) in [5.41, 5.74) is 0.658. The lowest BCUT2D eigenvalue weighted by Gasteiger charge is -2.33. The van der Waals surface area contributed by atoms with Gasteiger partial charge in [0, 0.05) is 5.54 Å². The highest BCUT2D eigenvalue weighted by Gasteiger charge is 2.24. The smallest absolute Gasteiger partial charge is 0.0130 e. The quantitative estimate of drug-likeness (QED) is 0.643. The average molecular weight is 200 g/mol. The molecule has 0 heterocycles. The zero-order chi connectivity index (χ0) is 11.2. The van der Waals surface area contributed by atoms with Gasteiger partial charge in [0.25, 0.3) is 0 Å². The molecule has 0 aromatic rings. The Kier molecular flexibility index (Phi) is 5.68. The van der Waals surface area contributed by atoms with Gasteiger partial charge in [-0.05, 0) is 52.2 Å². The SMILES string of the molecule is CNCCCNC(C)(C)CC(C)(C)C. The van der Waals surface area contributed by atoms with E-state index in [4.69, 9.17) is 0 Å². The Morgan fingerprint density at radius 1 is 0.929 bits per heavy atom. The monoisotopic (exact) mass is 200 g/mol. The highest BCUT2D eigenvalue weighted by Crippen LogP contribution is 2.26. The van der Waals surface area contributed by atoms with E-state index in [1.54, 1.807) is 0 Å². The van der Waals surface area contributed by atoms with Gasteiger partial charge in [-0.25, -0.2) is 0 Å². The van der Waals surface area contributed by atoms with Gasteiger partial charge in [-0.1, -0.05) is 20.8 Å². The van der Waals surface area contributed by atoms with Crippen LogP contribution in [0.3, 0.4) is 0 Å². The van der Waals surface area contributed by atoms with Crippen LogP contribution in [0.15, 0.2) is 0 Å². The molecule has 14 heavy (non-hydrogen) atoms. The number of hydrogen-bond acceptors (Lipinski definition) is 2. The molecule has 86 valence electrons. The van der Waals surface area contributed by atoms with Crippen molar-refractivity contribution in [2.24, 2.45) is 5.41 Å². The van der Waals surface area contributed by atoms with Gasteiger partial charge in [-0.15, -0.1) is 0 Å². The molecule has 0 amide bonds. The first-order chi connectivity index (χ1) is 6.27. The first kappa shape index (κ1) is 13.9. The predicted molar refractivity (Wildman–Crippen MR) is 64.7 cm³/mol. The lowest BCUT2D eigenvalue weighted by Crippen LogP contribution is -2.43. The van der Waals surface area contributed by atoms with Gasteiger partial charge in [0.2, 0.25) is 0 Å². The Morgan fingerprint density at radius 3 is 1.93 bits per heavy atom. The van der Waals surface area contributed by atoms with Crippen LogP contribution in [0.4, 0.5) is 0 Å². The Balaban J connectivity index is 3.72. The third-order valence-electron chi connectivity index (χ3n) is 2.18. The van der Waals surface area contributed by atoms with Gasteiger partial charge < -0.3 is 10.6 Å². The van der Waals surface area contributed by atoms with E-state index < -0.39 is 0 Å². The lowest BCUT2D eigenvalue weighted by atomic mass is 9.82. The molecule has 0 aliphatic heterocycles. The number of hydrogen-bond donors (Lipinski definition) is 2. The van der Waals surface area contributed by atoms with Gasteiger partial charge in [0.1, 0.15) is 0 Å². The van der Waals surface area contributed by atoms with E-state index in [0.717, 1.165) is 13.1 Å². The summed E-state index contributed by atoms with van der Waals surface area (Å²) in [6, 6.07) is 0. The van der Waals surface area contributed by atoms with Crippen molar-refractivity contribution in [3.05, 3.63) is 0 Å². The van der Waals surface area contributed by atoms with Crippen LogP contribution < -0.4 is 10.6 Å². The second kappa shape index (κ2) is 5.72. The van der Waals surface area contributed by atoms with Gasteiger partial charge in [0.15, 0.2) is 0 Å². The van der Waals surface area contributed by atoms with Crippen LogP contribution in [-0.2, 0) is 0 Å². The highest BCUT2D eigenvalue weighted by molar-refractivity contribution is 4.82. The Morgan fingerprint density at radius 2 is 1.50 bits per heavy atom. The van der Waals surface area contributed by atoms with Crippen LogP contribution in [-0.4, -0.2) is 25.7 Å². The summed E-state index contributed by atoms with van der Waals surface area (Å²) in [5, 5.41) is 6.77. The molecule has 0 saturated carbocycles. The van der Waals surface area contributed by atoms with Crippen molar-refractivity contribution >= 4 is 0 Å². The first-order valence-electron chi connectivity index (χ1n) is 5.66. The average Bonchev–Trinajstić information content (AvgIpc) is 1.93. The molecule has 0 aromatic carbocycles. The number of rotatable bonds is 6. The van der Waals surface area contributed by atoms with Crippen LogP contribution in [0.1, 0.15) is 47.5 Å². The standard InChI is InChI=1S/C12H28N2/c1-11(2,3)10-12(4,5)14-9-7-8-13-6/h13-14H,7-10H2,1-6H3. The van der Waals surface area contributed by atoms with Gasteiger partial charge in [-0.3, -0.25) is 0 Å². The Labute approximate surface area is 89.9 Å². The predicted octanol–water partition coefficient (Wildman–Crippen LogP) is 2.40. The van der Waals surface area contributed by atoms with Crippen molar-refractivity contribution < 1.29 is 0 Å². The minimum absolute atomic E-state index is 0.256. The molecule has 2 N–H and O–H groups in total. The third kappa shape index (κ3) is 8.52. The van der Waals surface area contributed by atoms with E-state index in [-0.39, 0.29) is 5.54 Å². The van der Waals surface area contributed by atoms with Crippen LogP contribution in [0.2, 0.25) is 0 Å². The molecule has 0 saturated heterocycles. The first-order valence-corrected chi connectivity index (χ1v) is 5.66. The normalized spacial score (nSPS) is 13.3. The second-order valence-corrected chi connectivity index (χ2v) is 6.01. The molecular weight excluding hydrogens is 172 g/mol. The molecule has 0 spiro atoms. The fraction of sp³-hybridized carbons (Fsp3) is 1.00. The summed E-state index contributed by atoms with van der Waals surface area (Å²) in [6.45, 7) is 13.7. The second-order valence-electron chi connectivity index (χ2n) is 6.01. The van der Waals surface area contributed by atoms with Crippen LogP contribution >= 0.6 is 0 Å². The fourth-order valence-electron chi connectivity index (χ4n) is 2.08. The minimum Gasteiger partial charge on any atom is -0.320 e. The molecular formula is C12H28N2. The van der Waals surface area contributed by atoms with Gasteiger partial charge >= 0.3 is 0 Å². The van der Waals surface area contributed by atoms with E-state index in [2.05, 4.69) is 45.3 Å². The highest BCUT2D eigenvalue weighted by atomic mass is 15.0. The molecule has 0 radical (unpaired) electrons. The van der Waals surface area contributed by atoms with Crippen LogP contribution in [0, 0.1) is 5.41 Å². The summed E-state index contributed by atoms with van der Waals surface area (Å²) in [5.74, 6) is 0. The van der Waals surface area contributed by atoms with E-state index in [0.29, 0.717) is 5.41 Å². The molecule has 0 aromatic heterocycles. The third-order valence-corrected chi connectivity index (χ3v) is 2.18. The molecule has 0 rings (SSSR count). The maximum absolute atomic E-state index is 3.61. The van der Waals surface area contributed by atoms with E-state index in [1.165, 1.54) is 12.8 Å². The van der Waals surface area contributed by atoms with Crippen molar-refractivity contribution in [3.63, 3.8) is 0 Å². The molecule has 0 unspecified atom stereocenters. The zero-order valence-corrected chi connectivity index (χ0v) is 10.8. The van der Waals surface area contributed by atoms with Crippen molar-refractivity contribution in [2.75, 3.05) is 20.1 Å². The van der Waals surface area contributed by atoms with Crippen molar-refractivity contribution in [1.29, 1.82) is 0 Å². The number of nitrogens with one attached hydrogen (secondary N) is 2. The Hall–Kier alpha value is -0.0800. The maximum atomic E-state index is 3.61. The fourth-order valence-corrected chi connectivity index (χ4v) is 2.08. The van der Waals surface area contributed by atoms with Crippen LogP contribution in [0.5, 0.6) is 0 Å². The summed E-state index contributed by atoms with van der Waals surface area (Å²) < 4.78 is 0. The molecule has 2 nitrogen and oxygen atoms in total. The lowest BCUT2D eigenvalue weighted by molar-refractivity contribution is 0.242. The maximum Gasteiger partial charge on any atom is 0.0130 e. The zero-order valence-electron chi connectivity index (χ0n) is 10.8. The molecule has 0 aliphatic carbocycles. The van der Waals surface area contributed by atoms with Gasteiger partial charge in [0.05, 0.1) is 0 Å². The van der Waals surface area contributed by atoms with E-state index in [1.807, 2.05) is 7.05 Å². The van der Waals surface area contributed by atoms with Crippen molar-refractivity contribution in [1.82, 2.24) is 10.6 Å². The summed E-state index contributed by atoms with van der Waals surface area (Å²) in [7, 11) is 2.00. The van der Waals surface area contributed by atoms with E-state index >= 15 is 0 Å². The summed E-state index contributed by atoms with van der Waals surface area (Å²) in [6.07, 6.45) is 2.41. The molecule has 0 aliphatic rings. The summed E-state index contributed by atoms with van der Waals surface area (Å²) >= 11 is 0. The van der Waals surface area contributed by atoms with E-state index in [9.17, 15) is 0 Å². The topological polar surface area (TPSA) is 24.1 Å². The van der Waals surface area contributed by atoms with Crippen molar-refractivity contribution in [2.45, 2.75) is 53.0 Å². The minimum atomic E-state index is 0.256. The largest absolute Gasteiger partial charge is 0.320 e. The Bertz CT molecular complexity index is 145. The van der Waals surface area contributed by atoms with Crippen LogP contribution in [0.25, 0.3) is 0 Å². The molecule has 0 fully saturated rings. The summed E-state index contributed by atoms with van der Waals surface area (Å²) in [4.78, 5) is 0. The molecule has 0 atom stereocenters.